The Morgan fingerprint density at radius 3 is 2.46 bits per heavy atom. The van der Waals surface area contributed by atoms with Crippen molar-refractivity contribution in [1.82, 2.24) is 0 Å². The van der Waals surface area contributed by atoms with Gasteiger partial charge in [-0.3, -0.25) is 4.79 Å². The van der Waals surface area contributed by atoms with Crippen molar-refractivity contribution in [2.24, 2.45) is 5.92 Å². The molecule has 28 heavy (non-hydrogen) atoms. The van der Waals surface area contributed by atoms with E-state index in [0.29, 0.717) is 31.1 Å². The number of hydrogen-bond donors (Lipinski definition) is 4. The smallest absolute Gasteiger partial charge is 0.495 e. The van der Waals surface area contributed by atoms with Crippen LogP contribution in [0.4, 0.5) is 0 Å². The van der Waals surface area contributed by atoms with Crippen LogP contribution in [0.5, 0.6) is 0 Å². The summed E-state index contributed by atoms with van der Waals surface area (Å²) in [6.45, 7) is 2.84. The van der Waals surface area contributed by atoms with E-state index in [-0.39, 0.29) is 12.8 Å². The Morgan fingerprint density at radius 2 is 1.93 bits per heavy atom. The topological polar surface area (TPSA) is 155 Å². The molecule has 0 aromatic heterocycles. The van der Waals surface area contributed by atoms with E-state index in [1.54, 1.807) is 37.3 Å². The first kappa shape index (κ1) is 24.4. The number of carbonyl (C=O) groups is 2. The first-order chi connectivity index (χ1) is 13.2. The number of quaternary nitrogens is 1. The first-order valence-corrected chi connectivity index (χ1v) is 11.6. The summed E-state index contributed by atoms with van der Waals surface area (Å²) in [7, 11) is -3.26. The molecule has 1 aromatic carbocycles. The number of carboxylic acid groups (broad SMARTS) is 1. The zero-order chi connectivity index (χ0) is 21.2. The lowest BCUT2D eigenvalue weighted by atomic mass is 9.71. The summed E-state index contributed by atoms with van der Waals surface area (Å²) < 4.78 is 4.75. The van der Waals surface area contributed by atoms with Gasteiger partial charge in [0.25, 0.3) is 0 Å². The van der Waals surface area contributed by atoms with Gasteiger partial charge in [0.15, 0.2) is 5.78 Å². The minimum Gasteiger partial charge on any atom is -0.550 e. The molecule has 1 saturated carbocycles. The first-order valence-electron chi connectivity index (χ1n) is 9.59. The van der Waals surface area contributed by atoms with E-state index in [1.165, 1.54) is 0 Å². The number of hydrogen-bond acceptors (Lipinski definition) is 7. The van der Waals surface area contributed by atoms with Gasteiger partial charge >= 0.3 is 8.80 Å². The molecule has 6 N–H and O–H groups in total. The highest BCUT2D eigenvalue weighted by molar-refractivity contribution is 6.57. The molecule has 1 aliphatic carbocycles. The van der Waals surface area contributed by atoms with Crippen LogP contribution in [0.1, 0.15) is 49.4 Å². The third-order valence-electron chi connectivity index (χ3n) is 4.72. The summed E-state index contributed by atoms with van der Waals surface area (Å²) in [4.78, 5) is 41.6. The number of carbonyl (C=O) groups excluding carboxylic acids is 2. The summed E-state index contributed by atoms with van der Waals surface area (Å²) in [6, 6.07) is 8.67. The molecule has 0 spiro atoms. The molecule has 0 radical (unpaired) electrons. The van der Waals surface area contributed by atoms with Gasteiger partial charge in [0.05, 0.1) is 6.54 Å². The second-order valence-corrected chi connectivity index (χ2v) is 9.15. The van der Waals surface area contributed by atoms with E-state index >= 15 is 0 Å². The second kappa shape index (κ2) is 11.4. The highest BCUT2D eigenvalue weighted by Gasteiger charge is 2.46. The lowest BCUT2D eigenvalue weighted by Crippen LogP contribution is -2.54. The number of Topliss-reactive ketones (excluding diaryl/α,β-unsaturated/α-hetero) is 1. The summed E-state index contributed by atoms with van der Waals surface area (Å²) in [5.74, 6) is -2.97. The van der Waals surface area contributed by atoms with Gasteiger partial charge in [0.1, 0.15) is 5.60 Å². The van der Waals surface area contributed by atoms with E-state index in [9.17, 15) is 19.8 Å². The van der Waals surface area contributed by atoms with E-state index < -0.39 is 32.1 Å². The van der Waals surface area contributed by atoms with Crippen LogP contribution in [0.25, 0.3) is 0 Å². The quantitative estimate of drug-likeness (QED) is 0.318. The maximum atomic E-state index is 12.3. The summed E-state index contributed by atoms with van der Waals surface area (Å²) in [6.07, 6.45) is 2.54. The van der Waals surface area contributed by atoms with Crippen molar-refractivity contribution in [2.45, 2.75) is 50.7 Å². The molecule has 1 aliphatic rings. The number of carboxylic acids is 1. The third-order valence-corrected chi connectivity index (χ3v) is 6.47. The van der Waals surface area contributed by atoms with Crippen LogP contribution in [-0.4, -0.2) is 54.0 Å². The number of aliphatic carboxylic acids is 1. The van der Waals surface area contributed by atoms with Crippen LogP contribution >= 0.6 is 0 Å². The Bertz CT molecular complexity index is 626. The molecular formula is C19H31NO7Si. The molecule has 2 rings (SSSR count). The average Bonchev–Trinajstić information content (AvgIpc) is 2.67. The fourth-order valence-corrected chi connectivity index (χ4v) is 4.56. The van der Waals surface area contributed by atoms with Crippen LogP contribution in [0.2, 0.25) is 6.04 Å². The van der Waals surface area contributed by atoms with Gasteiger partial charge in [0, 0.05) is 36.5 Å². The monoisotopic (exact) mass is 413 g/mol. The summed E-state index contributed by atoms with van der Waals surface area (Å²) in [5, 5.41) is 21.5. The minimum absolute atomic E-state index is 0.180. The zero-order valence-electron chi connectivity index (χ0n) is 16.3. The van der Waals surface area contributed by atoms with Crippen LogP contribution in [-0.2, 0) is 9.22 Å². The molecule has 8 nitrogen and oxygen atoms in total. The Balaban J connectivity index is 0.000000336. The van der Waals surface area contributed by atoms with Crippen LogP contribution in [0.3, 0.4) is 0 Å². The zero-order valence-corrected chi connectivity index (χ0v) is 17.3. The van der Waals surface area contributed by atoms with Crippen LogP contribution in [0, 0.1) is 5.92 Å². The van der Waals surface area contributed by atoms with Gasteiger partial charge in [-0.2, -0.15) is 0 Å². The van der Waals surface area contributed by atoms with Gasteiger partial charge in [-0.05, 0) is 19.8 Å². The minimum atomic E-state index is -3.26. The normalized spacial score (nSPS) is 22.1. The number of benzene rings is 1. The molecule has 1 aromatic rings. The van der Waals surface area contributed by atoms with Crippen molar-refractivity contribution < 1.29 is 39.6 Å². The molecule has 158 valence electrons. The van der Waals surface area contributed by atoms with Crippen molar-refractivity contribution in [2.75, 3.05) is 13.2 Å². The molecule has 0 saturated heterocycles. The standard InChI is InChI=1S/C14H16O4.C5H15NO3Si/c15-12(10-6-2-1-3-7-10)14(18)9-5-4-8-11(14)13(16)17;1-2-9-10(7,8)5-3-4-6/h1-3,6-7,11,18H,4-5,8-9H2,(H,16,17);7-8H,2-6H2,1H3. The highest BCUT2D eigenvalue weighted by atomic mass is 28.4. The van der Waals surface area contributed by atoms with Gasteiger partial charge in [-0.1, -0.05) is 43.2 Å². The van der Waals surface area contributed by atoms with E-state index in [1.807, 2.05) is 0 Å². The molecule has 2 unspecified atom stereocenters. The molecule has 1 fully saturated rings. The summed E-state index contributed by atoms with van der Waals surface area (Å²) in [5.41, 5.74) is 2.11. The highest BCUT2D eigenvalue weighted by Crippen LogP contribution is 2.36. The Kier molecular flexibility index (Phi) is 9.94. The molecule has 0 heterocycles. The SMILES string of the molecule is CCO[Si](O)(O)CCC[NH3+].O=C([O-])C1CCCCC1(O)C(=O)c1ccccc1. The predicted molar refractivity (Wildman–Crippen MR) is 102 cm³/mol. The number of ketones is 1. The van der Waals surface area contributed by atoms with Crippen molar-refractivity contribution in [3.63, 3.8) is 0 Å². The maximum absolute atomic E-state index is 12.3. The fraction of sp³-hybridized carbons (Fsp3) is 0.579. The van der Waals surface area contributed by atoms with Crippen LogP contribution < -0.4 is 10.8 Å². The Hall–Kier alpha value is -1.62. The van der Waals surface area contributed by atoms with Gasteiger partial charge < -0.3 is 34.8 Å². The molecule has 9 heteroatoms. The Morgan fingerprint density at radius 1 is 1.29 bits per heavy atom. The second-order valence-electron chi connectivity index (χ2n) is 6.87. The fourth-order valence-electron chi connectivity index (χ4n) is 3.24. The molecule has 0 aliphatic heterocycles. The van der Waals surface area contributed by atoms with E-state index in [4.69, 9.17) is 14.0 Å². The van der Waals surface area contributed by atoms with Crippen molar-refractivity contribution in [3.05, 3.63) is 35.9 Å². The molecule has 2 atom stereocenters. The van der Waals surface area contributed by atoms with E-state index in [0.717, 1.165) is 13.0 Å². The predicted octanol–water partition coefficient (Wildman–Crippen LogP) is -0.881. The lowest BCUT2D eigenvalue weighted by Gasteiger charge is -2.39. The van der Waals surface area contributed by atoms with Gasteiger partial charge in [0.2, 0.25) is 0 Å². The third kappa shape index (κ3) is 7.08. The van der Waals surface area contributed by atoms with Crippen molar-refractivity contribution in [3.8, 4) is 0 Å². The molecular weight excluding hydrogens is 382 g/mol. The number of aliphatic hydroxyl groups is 1. The van der Waals surface area contributed by atoms with E-state index in [2.05, 4.69) is 5.73 Å². The average molecular weight is 414 g/mol. The molecule has 0 bridgehead atoms. The van der Waals surface area contributed by atoms with Gasteiger partial charge in [-0.25, -0.2) is 0 Å². The Labute approximate surface area is 166 Å². The van der Waals surface area contributed by atoms with Crippen molar-refractivity contribution in [1.29, 1.82) is 0 Å². The van der Waals surface area contributed by atoms with Crippen LogP contribution in [0.15, 0.2) is 30.3 Å². The van der Waals surface area contributed by atoms with Crippen molar-refractivity contribution >= 4 is 20.6 Å². The number of rotatable bonds is 8. The lowest BCUT2D eigenvalue weighted by molar-refractivity contribution is -0.367. The summed E-state index contributed by atoms with van der Waals surface area (Å²) >= 11 is 0. The molecule has 0 amide bonds. The maximum Gasteiger partial charge on any atom is 0.495 e. The largest absolute Gasteiger partial charge is 0.550 e. The van der Waals surface area contributed by atoms with Gasteiger partial charge in [-0.15, -0.1) is 0 Å².